The second-order valence-corrected chi connectivity index (χ2v) is 8.04. The molecule has 5 nitrogen and oxygen atoms in total. The lowest BCUT2D eigenvalue weighted by Gasteiger charge is -2.26. The number of hydrogen-bond acceptors (Lipinski definition) is 5. The van der Waals surface area contributed by atoms with Gasteiger partial charge in [0.1, 0.15) is 5.82 Å². The Kier molecular flexibility index (Phi) is 5.39. The van der Waals surface area contributed by atoms with Crippen molar-refractivity contribution in [3.63, 3.8) is 0 Å². The van der Waals surface area contributed by atoms with Gasteiger partial charge in [-0.1, -0.05) is 13.0 Å². The van der Waals surface area contributed by atoms with Crippen LogP contribution in [0.15, 0.2) is 24.5 Å². The van der Waals surface area contributed by atoms with E-state index in [1.807, 2.05) is 19.3 Å². The molecule has 0 amide bonds. The molecule has 0 bridgehead atoms. The van der Waals surface area contributed by atoms with Crippen molar-refractivity contribution in [2.24, 2.45) is 5.92 Å². The highest BCUT2D eigenvalue weighted by molar-refractivity contribution is 5.29. The molecule has 27 heavy (non-hydrogen) atoms. The molecule has 2 heterocycles. The first-order valence-corrected chi connectivity index (χ1v) is 10.2. The summed E-state index contributed by atoms with van der Waals surface area (Å²) in [5.41, 5.74) is 3.57. The van der Waals surface area contributed by atoms with Crippen LogP contribution < -0.4 is 4.74 Å². The van der Waals surface area contributed by atoms with Gasteiger partial charge in [0.15, 0.2) is 0 Å². The van der Waals surface area contributed by atoms with Crippen LogP contribution in [0.3, 0.4) is 0 Å². The molecule has 0 aliphatic heterocycles. The standard InChI is InChI=1S/C22H29N3O2/c1-3-15-4-9-21(24-11-15)19-10-17(19)13-27-22-20(12-23-14(2)25-22)16-5-7-18(26)8-6-16/h4,9,11-12,16-19,26H,3,5-8,10,13H2,1-2H3/t16-,17-,18+,19-/m1/s1. The zero-order chi connectivity index (χ0) is 18.8. The monoisotopic (exact) mass is 367 g/mol. The van der Waals surface area contributed by atoms with Gasteiger partial charge >= 0.3 is 0 Å². The summed E-state index contributed by atoms with van der Waals surface area (Å²) in [6.45, 7) is 4.74. The summed E-state index contributed by atoms with van der Waals surface area (Å²) in [5, 5.41) is 9.77. The summed E-state index contributed by atoms with van der Waals surface area (Å²) in [7, 11) is 0. The van der Waals surface area contributed by atoms with Gasteiger partial charge in [-0.2, -0.15) is 4.98 Å². The normalized spacial score (nSPS) is 27.4. The number of hydrogen-bond donors (Lipinski definition) is 1. The summed E-state index contributed by atoms with van der Waals surface area (Å²) in [6, 6.07) is 4.35. The molecule has 2 aromatic rings. The number of rotatable bonds is 6. The third-order valence-corrected chi connectivity index (χ3v) is 6.03. The summed E-state index contributed by atoms with van der Waals surface area (Å²) in [6.07, 6.45) is 9.57. The predicted octanol–water partition coefficient (Wildman–Crippen LogP) is 3.94. The van der Waals surface area contributed by atoms with Crippen LogP contribution in [0.4, 0.5) is 0 Å². The van der Waals surface area contributed by atoms with Crippen molar-refractivity contribution in [1.82, 2.24) is 15.0 Å². The fourth-order valence-electron chi connectivity index (χ4n) is 4.09. The molecule has 2 fully saturated rings. The zero-order valence-electron chi connectivity index (χ0n) is 16.3. The average Bonchev–Trinajstić information content (AvgIpc) is 3.47. The highest BCUT2D eigenvalue weighted by Gasteiger charge is 2.40. The number of aliphatic hydroxyl groups excluding tert-OH is 1. The Morgan fingerprint density at radius 3 is 2.63 bits per heavy atom. The Morgan fingerprint density at radius 1 is 1.11 bits per heavy atom. The Balaban J connectivity index is 1.39. The molecule has 2 aliphatic carbocycles. The number of ether oxygens (including phenoxy) is 1. The highest BCUT2D eigenvalue weighted by atomic mass is 16.5. The number of nitrogens with zero attached hydrogens (tertiary/aromatic N) is 3. The maximum absolute atomic E-state index is 9.77. The van der Waals surface area contributed by atoms with Crippen LogP contribution in [-0.2, 0) is 6.42 Å². The zero-order valence-corrected chi connectivity index (χ0v) is 16.3. The van der Waals surface area contributed by atoms with Crippen molar-refractivity contribution >= 4 is 0 Å². The summed E-state index contributed by atoms with van der Waals surface area (Å²) >= 11 is 0. The number of aliphatic hydroxyl groups is 1. The lowest BCUT2D eigenvalue weighted by atomic mass is 9.83. The molecule has 2 atom stereocenters. The molecule has 0 radical (unpaired) electrons. The van der Waals surface area contributed by atoms with E-state index in [0.717, 1.165) is 55.8 Å². The van der Waals surface area contributed by atoms with Crippen LogP contribution in [0.2, 0.25) is 0 Å². The van der Waals surface area contributed by atoms with Gasteiger partial charge in [-0.15, -0.1) is 0 Å². The molecule has 2 saturated carbocycles. The minimum Gasteiger partial charge on any atom is -0.477 e. The van der Waals surface area contributed by atoms with Crippen molar-refractivity contribution in [2.75, 3.05) is 6.61 Å². The van der Waals surface area contributed by atoms with E-state index in [0.29, 0.717) is 24.4 Å². The lowest BCUT2D eigenvalue weighted by Crippen LogP contribution is -2.18. The van der Waals surface area contributed by atoms with E-state index in [9.17, 15) is 5.11 Å². The maximum Gasteiger partial charge on any atom is 0.220 e. The molecule has 0 unspecified atom stereocenters. The van der Waals surface area contributed by atoms with Gasteiger partial charge < -0.3 is 9.84 Å². The van der Waals surface area contributed by atoms with Gasteiger partial charge in [-0.3, -0.25) is 4.98 Å². The minimum atomic E-state index is -0.157. The molecule has 0 spiro atoms. The molecule has 5 heteroatoms. The van der Waals surface area contributed by atoms with Gasteiger partial charge in [-0.25, -0.2) is 4.98 Å². The van der Waals surface area contributed by atoms with Crippen molar-refractivity contribution in [1.29, 1.82) is 0 Å². The van der Waals surface area contributed by atoms with E-state index >= 15 is 0 Å². The summed E-state index contributed by atoms with van der Waals surface area (Å²) in [4.78, 5) is 13.6. The van der Waals surface area contributed by atoms with E-state index in [1.54, 1.807) is 0 Å². The SMILES string of the molecule is CCc1ccc([C@@H]2C[C@@H]2COc2nc(C)ncc2[C@H]2CC[C@@H](O)CC2)nc1. The fraction of sp³-hybridized carbons (Fsp3) is 0.591. The smallest absolute Gasteiger partial charge is 0.220 e. The van der Waals surface area contributed by atoms with E-state index in [2.05, 4.69) is 34.0 Å². The molecule has 144 valence electrons. The Labute approximate surface area is 161 Å². The highest BCUT2D eigenvalue weighted by Crippen LogP contribution is 2.47. The van der Waals surface area contributed by atoms with Gasteiger partial charge in [0.05, 0.1) is 12.7 Å². The van der Waals surface area contributed by atoms with Crippen LogP contribution in [0.25, 0.3) is 0 Å². The maximum atomic E-state index is 9.77. The van der Waals surface area contributed by atoms with Crippen molar-refractivity contribution in [3.05, 3.63) is 47.2 Å². The van der Waals surface area contributed by atoms with Crippen molar-refractivity contribution in [2.45, 2.75) is 70.3 Å². The third kappa shape index (κ3) is 4.29. The fourth-order valence-corrected chi connectivity index (χ4v) is 4.09. The first-order valence-electron chi connectivity index (χ1n) is 10.2. The van der Waals surface area contributed by atoms with E-state index in [4.69, 9.17) is 4.74 Å². The number of pyridine rings is 1. The molecule has 2 aliphatic rings. The summed E-state index contributed by atoms with van der Waals surface area (Å²) < 4.78 is 6.18. The molecular formula is C22H29N3O2. The van der Waals surface area contributed by atoms with Crippen LogP contribution in [0.1, 0.15) is 73.5 Å². The minimum absolute atomic E-state index is 0.157. The quantitative estimate of drug-likeness (QED) is 0.837. The Bertz CT molecular complexity index is 770. The van der Waals surface area contributed by atoms with Crippen LogP contribution in [0.5, 0.6) is 5.88 Å². The largest absolute Gasteiger partial charge is 0.477 e. The lowest BCUT2D eigenvalue weighted by molar-refractivity contribution is 0.121. The topological polar surface area (TPSA) is 68.1 Å². The van der Waals surface area contributed by atoms with Crippen molar-refractivity contribution < 1.29 is 9.84 Å². The molecular weight excluding hydrogens is 338 g/mol. The second-order valence-electron chi connectivity index (χ2n) is 8.04. The van der Waals surface area contributed by atoms with Gasteiger partial charge in [0.25, 0.3) is 0 Å². The van der Waals surface area contributed by atoms with Gasteiger partial charge in [0, 0.05) is 35.5 Å². The van der Waals surface area contributed by atoms with E-state index < -0.39 is 0 Å². The Hall–Kier alpha value is -2.01. The van der Waals surface area contributed by atoms with Crippen LogP contribution >= 0.6 is 0 Å². The Morgan fingerprint density at radius 2 is 1.93 bits per heavy atom. The third-order valence-electron chi connectivity index (χ3n) is 6.03. The molecule has 2 aromatic heterocycles. The second kappa shape index (κ2) is 7.93. The van der Waals surface area contributed by atoms with Crippen molar-refractivity contribution in [3.8, 4) is 5.88 Å². The van der Waals surface area contributed by atoms with Crippen LogP contribution in [-0.4, -0.2) is 32.8 Å². The van der Waals surface area contributed by atoms with Gasteiger partial charge in [0.2, 0.25) is 5.88 Å². The van der Waals surface area contributed by atoms with E-state index in [-0.39, 0.29) is 6.10 Å². The van der Waals surface area contributed by atoms with Gasteiger partial charge in [-0.05, 0) is 63.0 Å². The first kappa shape index (κ1) is 18.4. The molecule has 0 saturated heterocycles. The first-order chi connectivity index (χ1) is 13.1. The average molecular weight is 367 g/mol. The predicted molar refractivity (Wildman–Crippen MR) is 104 cm³/mol. The molecule has 0 aromatic carbocycles. The summed E-state index contributed by atoms with van der Waals surface area (Å²) in [5.74, 6) is 2.90. The number of aromatic nitrogens is 3. The molecule has 1 N–H and O–H groups in total. The molecule has 4 rings (SSSR count). The number of aryl methyl sites for hydroxylation is 2. The van der Waals surface area contributed by atoms with Crippen LogP contribution in [0, 0.1) is 12.8 Å². The van der Waals surface area contributed by atoms with E-state index in [1.165, 1.54) is 11.3 Å².